The van der Waals surface area contributed by atoms with E-state index < -0.39 is 11.4 Å². The van der Waals surface area contributed by atoms with E-state index in [1.165, 1.54) is 12.1 Å². The van der Waals surface area contributed by atoms with Crippen LogP contribution in [0, 0.1) is 12.7 Å². The molecule has 0 amide bonds. The van der Waals surface area contributed by atoms with Gasteiger partial charge in [-0.05, 0) is 41.3 Å². The molecule has 1 heterocycles. The molecule has 0 unspecified atom stereocenters. The van der Waals surface area contributed by atoms with E-state index in [0.29, 0.717) is 5.56 Å². The summed E-state index contributed by atoms with van der Waals surface area (Å²) in [5.74, 6) is -0.421. The van der Waals surface area contributed by atoms with Crippen LogP contribution < -0.4 is 5.63 Å². The number of hydrogen-bond donors (Lipinski definition) is 0. The maximum atomic E-state index is 13.4. The first-order valence-corrected chi connectivity index (χ1v) is 8.02. The Morgan fingerprint density at radius 3 is 2.16 bits per heavy atom. The lowest BCUT2D eigenvalue weighted by atomic mass is 9.97. The Morgan fingerprint density at radius 2 is 1.44 bits per heavy atom. The molecule has 0 N–H and O–H groups in total. The second-order valence-electron chi connectivity index (χ2n) is 5.97. The van der Waals surface area contributed by atoms with Crippen LogP contribution in [0.4, 0.5) is 4.39 Å². The number of aryl methyl sites for hydroxylation is 1. The van der Waals surface area contributed by atoms with Crippen LogP contribution in [0.2, 0.25) is 0 Å². The summed E-state index contributed by atoms with van der Waals surface area (Å²) in [6.07, 6.45) is 0. The Kier molecular flexibility index (Phi) is 3.69. The lowest BCUT2D eigenvalue weighted by molar-refractivity contribution is 0.555. The highest BCUT2D eigenvalue weighted by molar-refractivity contribution is 5.86. The van der Waals surface area contributed by atoms with E-state index >= 15 is 0 Å². The van der Waals surface area contributed by atoms with Gasteiger partial charge < -0.3 is 4.42 Å². The summed E-state index contributed by atoms with van der Waals surface area (Å²) >= 11 is 0. The van der Waals surface area contributed by atoms with Crippen molar-refractivity contribution in [3.8, 4) is 22.3 Å². The monoisotopic (exact) mass is 330 g/mol. The summed E-state index contributed by atoms with van der Waals surface area (Å²) in [6.45, 7) is 1.86. The Labute approximate surface area is 144 Å². The lowest BCUT2D eigenvalue weighted by Crippen LogP contribution is -2.06. The molecule has 3 heteroatoms. The van der Waals surface area contributed by atoms with Crippen LogP contribution in [0.25, 0.3) is 33.2 Å². The van der Waals surface area contributed by atoms with Crippen molar-refractivity contribution in [2.75, 3.05) is 0 Å². The highest BCUT2D eigenvalue weighted by Gasteiger charge is 2.14. The molecule has 4 rings (SSSR count). The zero-order valence-electron chi connectivity index (χ0n) is 13.6. The molecular weight excluding hydrogens is 315 g/mol. The van der Waals surface area contributed by atoms with Crippen molar-refractivity contribution in [2.24, 2.45) is 0 Å². The second kappa shape index (κ2) is 6.02. The molecule has 2 nitrogen and oxygen atoms in total. The standard InChI is InChI=1S/C22H15FO2/c1-14-19-12-11-18(23)13-20(19)25-22(24)21(14)17-9-7-16(8-10-17)15-5-3-2-4-6-15/h2-13H,1H3. The molecule has 3 aromatic carbocycles. The lowest BCUT2D eigenvalue weighted by Gasteiger charge is -2.09. The van der Waals surface area contributed by atoms with E-state index in [9.17, 15) is 9.18 Å². The van der Waals surface area contributed by atoms with Gasteiger partial charge in [-0.2, -0.15) is 0 Å². The van der Waals surface area contributed by atoms with Gasteiger partial charge in [-0.15, -0.1) is 0 Å². The molecule has 0 spiro atoms. The minimum Gasteiger partial charge on any atom is -0.422 e. The van der Waals surface area contributed by atoms with Crippen LogP contribution in [0.5, 0.6) is 0 Å². The summed E-state index contributed by atoms with van der Waals surface area (Å²) in [6, 6.07) is 22.1. The van der Waals surface area contributed by atoms with Crippen molar-refractivity contribution in [3.05, 3.63) is 94.6 Å². The van der Waals surface area contributed by atoms with Crippen LogP contribution in [-0.4, -0.2) is 0 Å². The van der Waals surface area contributed by atoms with Crippen LogP contribution in [0.15, 0.2) is 82.0 Å². The summed E-state index contributed by atoms with van der Waals surface area (Å²) in [5, 5.41) is 0.739. The molecule has 0 aliphatic rings. The predicted molar refractivity (Wildman–Crippen MR) is 98.1 cm³/mol. The normalized spacial score (nSPS) is 11.0. The third kappa shape index (κ3) is 2.74. The fourth-order valence-corrected chi connectivity index (χ4v) is 3.12. The van der Waals surface area contributed by atoms with Gasteiger partial charge in [-0.25, -0.2) is 9.18 Å². The number of hydrogen-bond acceptors (Lipinski definition) is 2. The molecule has 0 bridgehead atoms. The molecule has 122 valence electrons. The Hall–Kier alpha value is -3.20. The molecule has 0 fully saturated rings. The molecule has 0 aliphatic heterocycles. The highest BCUT2D eigenvalue weighted by Crippen LogP contribution is 2.29. The van der Waals surface area contributed by atoms with Crippen LogP contribution in [0.1, 0.15) is 5.56 Å². The van der Waals surface area contributed by atoms with Crippen molar-refractivity contribution in [1.29, 1.82) is 0 Å². The van der Waals surface area contributed by atoms with Gasteiger partial charge in [-0.3, -0.25) is 0 Å². The van der Waals surface area contributed by atoms with Gasteiger partial charge in [-0.1, -0.05) is 54.6 Å². The smallest absolute Gasteiger partial charge is 0.344 e. The largest absolute Gasteiger partial charge is 0.422 e. The van der Waals surface area contributed by atoms with Crippen molar-refractivity contribution in [3.63, 3.8) is 0 Å². The Morgan fingerprint density at radius 1 is 0.800 bits per heavy atom. The average Bonchev–Trinajstić information content (AvgIpc) is 2.63. The number of benzene rings is 3. The first-order valence-electron chi connectivity index (χ1n) is 8.02. The summed E-state index contributed by atoms with van der Waals surface area (Å²) < 4.78 is 18.7. The zero-order chi connectivity index (χ0) is 17.4. The first kappa shape index (κ1) is 15.3. The molecule has 0 atom stereocenters. The van der Waals surface area contributed by atoms with Crippen LogP contribution in [-0.2, 0) is 0 Å². The van der Waals surface area contributed by atoms with Gasteiger partial charge in [0.1, 0.15) is 11.4 Å². The van der Waals surface area contributed by atoms with Gasteiger partial charge in [0.05, 0.1) is 5.56 Å². The van der Waals surface area contributed by atoms with Crippen molar-refractivity contribution in [1.82, 2.24) is 0 Å². The predicted octanol–water partition coefficient (Wildman–Crippen LogP) is 5.57. The number of rotatable bonds is 2. The molecule has 25 heavy (non-hydrogen) atoms. The first-order chi connectivity index (χ1) is 12.1. The van der Waals surface area contributed by atoms with Gasteiger partial charge in [0.2, 0.25) is 0 Å². The summed E-state index contributed by atoms with van der Waals surface area (Å²) in [4.78, 5) is 12.4. The molecule has 4 aromatic rings. The van der Waals surface area contributed by atoms with Crippen molar-refractivity contribution in [2.45, 2.75) is 6.92 Å². The quantitative estimate of drug-likeness (QED) is 0.449. The third-order valence-electron chi connectivity index (χ3n) is 4.41. The van der Waals surface area contributed by atoms with Crippen molar-refractivity contribution >= 4 is 11.0 Å². The molecule has 0 saturated carbocycles. The fraction of sp³-hybridized carbons (Fsp3) is 0.0455. The van der Waals surface area contributed by atoms with Gasteiger partial charge in [0, 0.05) is 11.5 Å². The average molecular weight is 330 g/mol. The topological polar surface area (TPSA) is 30.2 Å². The van der Waals surface area contributed by atoms with E-state index in [-0.39, 0.29) is 5.58 Å². The highest BCUT2D eigenvalue weighted by atomic mass is 19.1. The molecular formula is C22H15FO2. The third-order valence-corrected chi connectivity index (χ3v) is 4.41. The van der Waals surface area contributed by atoms with E-state index in [1.807, 2.05) is 61.5 Å². The Bertz CT molecular complexity index is 1110. The molecule has 0 aliphatic carbocycles. The SMILES string of the molecule is Cc1c(-c2ccc(-c3ccccc3)cc2)c(=O)oc2cc(F)ccc12. The van der Waals surface area contributed by atoms with Gasteiger partial charge >= 0.3 is 5.63 Å². The Balaban J connectivity index is 1.85. The van der Waals surface area contributed by atoms with Gasteiger partial charge in [0.15, 0.2) is 0 Å². The van der Waals surface area contributed by atoms with Crippen molar-refractivity contribution < 1.29 is 8.81 Å². The molecule has 0 saturated heterocycles. The minimum atomic E-state index is -0.455. The van der Waals surface area contributed by atoms with E-state index in [2.05, 4.69) is 0 Å². The molecule has 0 radical (unpaired) electrons. The fourth-order valence-electron chi connectivity index (χ4n) is 3.12. The van der Waals surface area contributed by atoms with E-state index in [1.54, 1.807) is 6.07 Å². The second-order valence-corrected chi connectivity index (χ2v) is 5.97. The molecule has 1 aromatic heterocycles. The minimum absolute atomic E-state index is 0.271. The van der Waals surface area contributed by atoms with E-state index in [4.69, 9.17) is 4.42 Å². The maximum absolute atomic E-state index is 13.4. The van der Waals surface area contributed by atoms with Crippen LogP contribution in [0.3, 0.4) is 0 Å². The van der Waals surface area contributed by atoms with Crippen LogP contribution >= 0.6 is 0 Å². The maximum Gasteiger partial charge on any atom is 0.344 e. The van der Waals surface area contributed by atoms with E-state index in [0.717, 1.165) is 27.6 Å². The van der Waals surface area contributed by atoms with Gasteiger partial charge in [0.25, 0.3) is 0 Å². The summed E-state index contributed by atoms with van der Waals surface area (Å²) in [7, 11) is 0. The number of halogens is 1. The zero-order valence-corrected chi connectivity index (χ0v) is 13.6. The summed E-state index contributed by atoms with van der Waals surface area (Å²) in [5.41, 5.74) is 4.10. The number of fused-ring (bicyclic) bond motifs is 1.